The number of carbonyl (C=O) groups is 1. The number of rotatable bonds is 1. The molecule has 1 nitrogen and oxygen atoms in total. The van der Waals surface area contributed by atoms with Crippen LogP contribution in [0, 0.1) is 0 Å². The Bertz CT molecular complexity index is 344. The van der Waals surface area contributed by atoms with Crippen molar-refractivity contribution < 1.29 is 4.79 Å². The molecule has 68 valence electrons. The van der Waals surface area contributed by atoms with E-state index in [9.17, 15) is 4.79 Å². The molecule has 0 saturated carbocycles. The van der Waals surface area contributed by atoms with Gasteiger partial charge in [0.1, 0.15) is 0 Å². The third kappa shape index (κ3) is 1.49. The van der Waals surface area contributed by atoms with Crippen molar-refractivity contribution in [3.63, 3.8) is 0 Å². The van der Waals surface area contributed by atoms with Gasteiger partial charge < -0.3 is 0 Å². The van der Waals surface area contributed by atoms with Gasteiger partial charge in [-0.2, -0.15) is 0 Å². The average molecular weight is 195 g/mol. The topological polar surface area (TPSA) is 17.1 Å². The van der Waals surface area contributed by atoms with Gasteiger partial charge in [0.05, 0.1) is 0 Å². The van der Waals surface area contributed by atoms with Crippen LogP contribution in [0.3, 0.4) is 0 Å². The monoisotopic (exact) mass is 194 g/mol. The summed E-state index contributed by atoms with van der Waals surface area (Å²) >= 11 is 5.80. The summed E-state index contributed by atoms with van der Waals surface area (Å²) in [5.74, 6) is 0.782. The van der Waals surface area contributed by atoms with Crippen molar-refractivity contribution in [1.29, 1.82) is 0 Å². The molecule has 0 heterocycles. The molecule has 0 N–H and O–H groups in total. The van der Waals surface area contributed by atoms with Crippen LogP contribution in [0.2, 0.25) is 0 Å². The molecule has 0 bridgehead atoms. The Morgan fingerprint density at radius 1 is 1.31 bits per heavy atom. The molecule has 1 aliphatic rings. The molecular weight excluding hydrogens is 184 g/mol. The van der Waals surface area contributed by atoms with E-state index in [-0.39, 0.29) is 5.78 Å². The standard InChI is InChI=1S/C11H11ClO/c12-7-8-3-1-5-10-9(8)4-2-6-11(10)13/h1,3,5H,2,4,6-7H2. The Kier molecular flexibility index (Phi) is 2.36. The Balaban J connectivity index is 2.54. The van der Waals surface area contributed by atoms with Gasteiger partial charge in [0.15, 0.2) is 5.78 Å². The maximum absolute atomic E-state index is 11.5. The van der Waals surface area contributed by atoms with Crippen molar-refractivity contribution in [2.45, 2.75) is 25.1 Å². The molecule has 0 aromatic heterocycles. The molecule has 0 saturated heterocycles. The average Bonchev–Trinajstić information content (AvgIpc) is 2.18. The number of benzene rings is 1. The maximum atomic E-state index is 11.5. The molecule has 13 heavy (non-hydrogen) atoms. The fourth-order valence-electron chi connectivity index (χ4n) is 1.88. The number of Topliss-reactive ketones (excluding diaryl/α,β-unsaturated/α-hetero) is 1. The lowest BCUT2D eigenvalue weighted by atomic mass is 9.88. The van der Waals surface area contributed by atoms with Gasteiger partial charge in [-0.15, -0.1) is 11.6 Å². The van der Waals surface area contributed by atoms with Gasteiger partial charge in [-0.3, -0.25) is 4.79 Å². The molecule has 1 aromatic carbocycles. The van der Waals surface area contributed by atoms with Crippen LogP contribution in [-0.2, 0) is 12.3 Å². The maximum Gasteiger partial charge on any atom is 0.163 e. The highest BCUT2D eigenvalue weighted by atomic mass is 35.5. The van der Waals surface area contributed by atoms with E-state index in [1.54, 1.807) is 0 Å². The molecule has 0 amide bonds. The lowest BCUT2D eigenvalue weighted by Crippen LogP contribution is -2.12. The largest absolute Gasteiger partial charge is 0.294 e. The van der Waals surface area contributed by atoms with Crippen molar-refractivity contribution in [2.75, 3.05) is 0 Å². The lowest BCUT2D eigenvalue weighted by Gasteiger charge is -2.16. The smallest absolute Gasteiger partial charge is 0.163 e. The predicted molar refractivity (Wildman–Crippen MR) is 53.3 cm³/mol. The van der Waals surface area contributed by atoms with E-state index in [0.717, 1.165) is 24.0 Å². The van der Waals surface area contributed by atoms with E-state index in [1.807, 2.05) is 18.2 Å². The highest BCUT2D eigenvalue weighted by Gasteiger charge is 2.18. The Labute approximate surface area is 82.7 Å². The molecule has 2 heteroatoms. The van der Waals surface area contributed by atoms with E-state index < -0.39 is 0 Å². The second-order valence-corrected chi connectivity index (χ2v) is 3.62. The third-order valence-corrected chi connectivity index (χ3v) is 2.84. The summed E-state index contributed by atoms with van der Waals surface area (Å²) in [6.45, 7) is 0. The van der Waals surface area contributed by atoms with Gasteiger partial charge in [-0.25, -0.2) is 0 Å². The number of halogens is 1. The number of fused-ring (bicyclic) bond motifs is 1. The van der Waals surface area contributed by atoms with Gasteiger partial charge in [-0.05, 0) is 24.0 Å². The predicted octanol–water partition coefficient (Wildman–Crippen LogP) is 2.94. The van der Waals surface area contributed by atoms with Crippen molar-refractivity contribution in [2.24, 2.45) is 0 Å². The quantitative estimate of drug-likeness (QED) is 0.629. The molecule has 0 radical (unpaired) electrons. The summed E-state index contributed by atoms with van der Waals surface area (Å²) in [7, 11) is 0. The van der Waals surface area contributed by atoms with E-state index in [0.29, 0.717) is 12.3 Å². The molecule has 0 atom stereocenters. The SMILES string of the molecule is O=C1CCCc2c(CCl)cccc21. The van der Waals surface area contributed by atoms with E-state index >= 15 is 0 Å². The zero-order valence-corrected chi connectivity index (χ0v) is 8.10. The van der Waals surface area contributed by atoms with Gasteiger partial charge in [0.25, 0.3) is 0 Å². The molecular formula is C11H11ClO. The molecule has 1 aromatic rings. The zero-order chi connectivity index (χ0) is 9.26. The highest BCUT2D eigenvalue weighted by Crippen LogP contribution is 2.25. The second kappa shape index (κ2) is 3.51. The first kappa shape index (κ1) is 8.76. The van der Waals surface area contributed by atoms with Crippen molar-refractivity contribution >= 4 is 17.4 Å². The number of hydrogen-bond donors (Lipinski definition) is 0. The van der Waals surface area contributed by atoms with E-state index in [1.165, 1.54) is 5.56 Å². The molecule has 0 unspecified atom stereocenters. The minimum Gasteiger partial charge on any atom is -0.294 e. The molecule has 0 aliphatic heterocycles. The van der Waals surface area contributed by atoms with Crippen molar-refractivity contribution in [1.82, 2.24) is 0 Å². The zero-order valence-electron chi connectivity index (χ0n) is 7.35. The summed E-state index contributed by atoms with van der Waals surface area (Å²) < 4.78 is 0. The van der Waals surface area contributed by atoms with Crippen LogP contribution in [0.5, 0.6) is 0 Å². The number of alkyl halides is 1. The first-order chi connectivity index (χ1) is 6.33. The van der Waals surface area contributed by atoms with Crippen molar-refractivity contribution in [3.05, 3.63) is 34.9 Å². The minimum atomic E-state index is 0.271. The van der Waals surface area contributed by atoms with Crippen LogP contribution in [0.1, 0.15) is 34.3 Å². The normalized spacial score (nSPS) is 15.6. The Hall–Kier alpha value is -0.820. The fraction of sp³-hybridized carbons (Fsp3) is 0.364. The molecule has 0 spiro atoms. The highest BCUT2D eigenvalue weighted by molar-refractivity contribution is 6.17. The van der Waals surface area contributed by atoms with Crippen LogP contribution >= 0.6 is 11.6 Å². The summed E-state index contributed by atoms with van der Waals surface area (Å²) in [6.07, 6.45) is 2.67. The van der Waals surface area contributed by atoms with E-state index in [2.05, 4.69) is 0 Å². The molecule has 2 rings (SSSR count). The Morgan fingerprint density at radius 3 is 2.92 bits per heavy atom. The third-order valence-electron chi connectivity index (χ3n) is 2.55. The molecule has 1 aliphatic carbocycles. The van der Waals surface area contributed by atoms with Crippen molar-refractivity contribution in [3.8, 4) is 0 Å². The first-order valence-corrected chi connectivity index (χ1v) is 5.06. The summed E-state index contributed by atoms with van der Waals surface area (Å²) in [5.41, 5.74) is 3.19. The number of ketones is 1. The number of hydrogen-bond acceptors (Lipinski definition) is 1. The first-order valence-electron chi connectivity index (χ1n) is 4.53. The van der Waals surface area contributed by atoms with E-state index in [4.69, 9.17) is 11.6 Å². The van der Waals surface area contributed by atoms with Crippen LogP contribution in [-0.4, -0.2) is 5.78 Å². The van der Waals surface area contributed by atoms with Gasteiger partial charge >= 0.3 is 0 Å². The summed E-state index contributed by atoms with van der Waals surface area (Å²) in [4.78, 5) is 11.5. The van der Waals surface area contributed by atoms with Gasteiger partial charge in [0, 0.05) is 17.9 Å². The number of carbonyl (C=O) groups excluding carboxylic acids is 1. The van der Waals surface area contributed by atoms with Crippen LogP contribution in [0.4, 0.5) is 0 Å². The summed E-state index contributed by atoms with van der Waals surface area (Å²) in [6, 6.07) is 5.83. The summed E-state index contributed by atoms with van der Waals surface area (Å²) in [5, 5.41) is 0. The fourth-order valence-corrected chi connectivity index (χ4v) is 2.13. The second-order valence-electron chi connectivity index (χ2n) is 3.35. The van der Waals surface area contributed by atoms with Crippen LogP contribution in [0.15, 0.2) is 18.2 Å². The van der Waals surface area contributed by atoms with Crippen LogP contribution in [0.25, 0.3) is 0 Å². The Morgan fingerprint density at radius 2 is 2.15 bits per heavy atom. The van der Waals surface area contributed by atoms with Gasteiger partial charge in [-0.1, -0.05) is 18.2 Å². The lowest BCUT2D eigenvalue weighted by molar-refractivity contribution is 0.0972. The van der Waals surface area contributed by atoms with Crippen LogP contribution < -0.4 is 0 Å². The minimum absolute atomic E-state index is 0.271. The molecule has 0 fully saturated rings. The van der Waals surface area contributed by atoms with Gasteiger partial charge in [0.2, 0.25) is 0 Å².